The average molecular weight is 221 g/mol. The molecule has 0 heterocycles. The van der Waals surface area contributed by atoms with Gasteiger partial charge in [0.15, 0.2) is 0 Å². The molecule has 0 aliphatic heterocycles. The molecule has 0 radical (unpaired) electrons. The van der Waals surface area contributed by atoms with Gasteiger partial charge in [-0.3, -0.25) is 0 Å². The summed E-state index contributed by atoms with van der Waals surface area (Å²) in [6.07, 6.45) is 6.68. The van der Waals surface area contributed by atoms with Crippen LogP contribution in [0, 0.1) is 0 Å². The second-order valence-electron chi connectivity index (χ2n) is 2.95. The quantitative estimate of drug-likeness (QED) is 0.453. The van der Waals surface area contributed by atoms with E-state index in [0.717, 1.165) is 19.3 Å². The van der Waals surface area contributed by atoms with E-state index >= 15 is 0 Å². The average Bonchev–Trinajstić information content (AvgIpc) is 1.96. The first kappa shape index (κ1) is 11.5. The Labute approximate surface area is 74.6 Å². The molecule has 0 nitrogen and oxygen atoms in total. The van der Waals surface area contributed by atoms with Crippen molar-refractivity contribution in [1.82, 2.24) is 0 Å². The Morgan fingerprint density at radius 3 is 2.00 bits per heavy atom. The van der Waals surface area contributed by atoms with Gasteiger partial charge in [-0.2, -0.15) is 0 Å². The molecule has 0 rings (SSSR count). The molecule has 3 heteroatoms. The molecule has 66 valence electrons. The third-order valence-corrected chi connectivity index (χ3v) is 3.55. The summed E-state index contributed by atoms with van der Waals surface area (Å²) < 4.78 is 23.6. The van der Waals surface area contributed by atoms with Crippen LogP contribution in [0.15, 0.2) is 0 Å². The molecule has 0 aromatic heterocycles. The summed E-state index contributed by atoms with van der Waals surface area (Å²) in [5.74, 6) is 0. The molecular weight excluding hydrogens is 204 g/mol. The Morgan fingerprint density at radius 2 is 1.45 bits per heavy atom. The number of hydrogen-bond donors (Lipinski definition) is 0. The van der Waals surface area contributed by atoms with Gasteiger partial charge in [-0.25, -0.2) is 0 Å². The molecule has 0 amide bonds. The molecule has 0 N–H and O–H groups in total. The van der Waals surface area contributed by atoms with Crippen LogP contribution in [0.5, 0.6) is 0 Å². The Kier molecular flexibility index (Phi) is 8.98. The van der Waals surface area contributed by atoms with Crippen LogP contribution in [0.2, 0.25) is 4.98 Å². The normalized spacial score (nSPS) is 10.1. The molecule has 0 aromatic carbocycles. The molecule has 0 unspecified atom stereocenters. The van der Waals surface area contributed by atoms with Crippen molar-refractivity contribution in [1.29, 1.82) is 0 Å². The van der Waals surface area contributed by atoms with E-state index in [0.29, 0.717) is 0 Å². The Bertz CT molecular complexity index is 76.5. The topological polar surface area (TPSA) is 0 Å². The molecule has 0 aliphatic carbocycles. The van der Waals surface area contributed by atoms with Crippen molar-refractivity contribution in [2.75, 3.05) is 0 Å². The molecule has 0 saturated heterocycles. The SMILES string of the molecule is CCCCCCC[CH2][Ga]([F])[F]. The van der Waals surface area contributed by atoms with Crippen LogP contribution >= 0.6 is 0 Å². The van der Waals surface area contributed by atoms with E-state index in [1.807, 2.05) is 0 Å². The molecule has 0 aromatic rings. The van der Waals surface area contributed by atoms with Crippen LogP contribution in [0.25, 0.3) is 0 Å². The minimum atomic E-state index is -3.63. The maximum atomic E-state index is 11.8. The number of unbranched alkanes of at least 4 members (excludes halogenated alkanes) is 5. The van der Waals surface area contributed by atoms with Crippen LogP contribution in [0.1, 0.15) is 45.4 Å². The van der Waals surface area contributed by atoms with Gasteiger partial charge in [-0.05, 0) is 0 Å². The fraction of sp³-hybridized carbons (Fsp3) is 1.00. The summed E-state index contributed by atoms with van der Waals surface area (Å²) in [6.45, 7) is 2.16. The van der Waals surface area contributed by atoms with Crippen molar-refractivity contribution in [3.8, 4) is 0 Å². The van der Waals surface area contributed by atoms with E-state index in [2.05, 4.69) is 6.92 Å². The first-order valence-electron chi connectivity index (χ1n) is 4.55. The fourth-order valence-corrected chi connectivity index (χ4v) is 2.33. The first-order valence-corrected chi connectivity index (χ1v) is 8.10. The van der Waals surface area contributed by atoms with Gasteiger partial charge in [-0.1, -0.05) is 0 Å². The van der Waals surface area contributed by atoms with Crippen molar-refractivity contribution in [3.63, 3.8) is 0 Å². The fourth-order valence-electron chi connectivity index (χ4n) is 1.08. The van der Waals surface area contributed by atoms with Gasteiger partial charge in [0.2, 0.25) is 0 Å². The van der Waals surface area contributed by atoms with E-state index in [-0.39, 0.29) is 4.98 Å². The van der Waals surface area contributed by atoms with E-state index in [1.54, 1.807) is 0 Å². The van der Waals surface area contributed by atoms with E-state index in [4.69, 9.17) is 0 Å². The van der Waals surface area contributed by atoms with Gasteiger partial charge in [0.25, 0.3) is 0 Å². The maximum absolute atomic E-state index is 11.8. The molecule has 11 heavy (non-hydrogen) atoms. The summed E-state index contributed by atoms with van der Waals surface area (Å²) in [4.78, 5) is 0.277. The number of hydrogen-bond acceptors (Lipinski definition) is 0. The second-order valence-corrected chi connectivity index (χ2v) is 5.80. The van der Waals surface area contributed by atoms with E-state index in [1.165, 1.54) is 19.3 Å². The van der Waals surface area contributed by atoms with Crippen LogP contribution in [-0.4, -0.2) is 17.2 Å². The van der Waals surface area contributed by atoms with Crippen molar-refractivity contribution >= 4 is 17.2 Å². The minimum absolute atomic E-state index is 0.277. The Balaban J connectivity index is 2.80. The van der Waals surface area contributed by atoms with Gasteiger partial charge in [0, 0.05) is 0 Å². The Morgan fingerprint density at radius 1 is 0.909 bits per heavy atom. The monoisotopic (exact) mass is 220 g/mol. The Hall–Kier alpha value is 0.496. The zero-order chi connectivity index (χ0) is 8.53. The molecule has 0 spiro atoms. The van der Waals surface area contributed by atoms with Crippen LogP contribution in [-0.2, 0) is 0 Å². The third-order valence-electron chi connectivity index (χ3n) is 1.78. The number of halogens is 2. The zero-order valence-electron chi connectivity index (χ0n) is 7.28. The number of rotatable bonds is 7. The van der Waals surface area contributed by atoms with Gasteiger partial charge in [0.1, 0.15) is 0 Å². The van der Waals surface area contributed by atoms with Crippen molar-refractivity contribution in [2.24, 2.45) is 0 Å². The van der Waals surface area contributed by atoms with Gasteiger partial charge < -0.3 is 0 Å². The van der Waals surface area contributed by atoms with E-state index in [9.17, 15) is 6.57 Å². The van der Waals surface area contributed by atoms with Crippen LogP contribution in [0.3, 0.4) is 0 Å². The molecule has 0 fully saturated rings. The van der Waals surface area contributed by atoms with E-state index < -0.39 is 17.2 Å². The molecule has 0 bridgehead atoms. The first-order chi connectivity index (χ1) is 5.27. The van der Waals surface area contributed by atoms with Gasteiger partial charge in [0.05, 0.1) is 0 Å². The van der Waals surface area contributed by atoms with Crippen molar-refractivity contribution in [2.45, 2.75) is 50.4 Å². The summed E-state index contributed by atoms with van der Waals surface area (Å²) >= 11 is -3.63. The van der Waals surface area contributed by atoms with Crippen LogP contribution < -0.4 is 0 Å². The predicted molar refractivity (Wildman–Crippen MR) is 46.2 cm³/mol. The molecule has 0 aliphatic rings. The third kappa shape index (κ3) is 10.5. The molecule has 0 atom stereocenters. The van der Waals surface area contributed by atoms with Crippen LogP contribution in [0.4, 0.5) is 6.57 Å². The summed E-state index contributed by atoms with van der Waals surface area (Å²) in [7, 11) is 0. The summed E-state index contributed by atoms with van der Waals surface area (Å²) in [6, 6.07) is 0. The second kappa shape index (κ2) is 8.59. The zero-order valence-corrected chi connectivity index (χ0v) is 9.71. The van der Waals surface area contributed by atoms with Gasteiger partial charge in [-0.15, -0.1) is 0 Å². The van der Waals surface area contributed by atoms with Crippen molar-refractivity contribution in [3.05, 3.63) is 0 Å². The molecular formula is C8H17F2Ga. The van der Waals surface area contributed by atoms with Gasteiger partial charge >= 0.3 is 74.2 Å². The molecule has 0 saturated carbocycles. The van der Waals surface area contributed by atoms with Crippen molar-refractivity contribution < 1.29 is 6.57 Å². The predicted octanol–water partition coefficient (Wildman–Crippen LogP) is 3.77. The summed E-state index contributed by atoms with van der Waals surface area (Å²) in [5.41, 5.74) is 0. The standard InChI is InChI=1S/C8H17.2FH.Ga/c1-3-5-7-8-6-4-2;;;/h1,3-8H2,2H3;2*1H;/q;;;+2/p-2. The summed E-state index contributed by atoms with van der Waals surface area (Å²) in [5, 5.41) is 0.